The number of nitrogens with one attached hydrogen (secondary N) is 1. The summed E-state index contributed by atoms with van der Waals surface area (Å²) >= 11 is 1.88. The van der Waals surface area contributed by atoms with Crippen LogP contribution < -0.4 is 5.32 Å². The Morgan fingerprint density at radius 2 is 2.47 bits per heavy atom. The van der Waals surface area contributed by atoms with Crippen molar-refractivity contribution in [3.05, 3.63) is 22.4 Å². The predicted octanol–water partition coefficient (Wildman–Crippen LogP) is 3.27. The number of nitrogens with zero attached hydrogens (tertiary/aromatic N) is 1. The van der Waals surface area contributed by atoms with Gasteiger partial charge in [0, 0.05) is 23.5 Å². The highest BCUT2D eigenvalue weighted by molar-refractivity contribution is 7.10. The highest BCUT2D eigenvalue weighted by atomic mass is 32.1. The average Bonchev–Trinajstić information content (AvgIpc) is 3.00. The lowest BCUT2D eigenvalue weighted by molar-refractivity contribution is 0.195. The predicted molar refractivity (Wildman–Crippen MR) is 75.6 cm³/mol. The van der Waals surface area contributed by atoms with Crippen LogP contribution in [0.4, 0.5) is 0 Å². The van der Waals surface area contributed by atoms with E-state index in [4.69, 9.17) is 0 Å². The van der Waals surface area contributed by atoms with Crippen LogP contribution in [0.15, 0.2) is 17.5 Å². The molecule has 2 heterocycles. The fraction of sp³-hybridized carbons (Fsp3) is 0.714. The van der Waals surface area contributed by atoms with Crippen molar-refractivity contribution < 1.29 is 0 Å². The standard InChI is InChI=1S/C14H24N2S/c1-3-9-16(11-13-6-4-8-15-13)12(2)14-7-5-10-17-14/h5,7,10,12-13,15H,3-4,6,8-9,11H2,1-2H3. The molecule has 2 unspecified atom stereocenters. The summed E-state index contributed by atoms with van der Waals surface area (Å²) in [6.07, 6.45) is 3.93. The largest absolute Gasteiger partial charge is 0.313 e. The minimum Gasteiger partial charge on any atom is -0.313 e. The Morgan fingerprint density at radius 1 is 1.59 bits per heavy atom. The summed E-state index contributed by atoms with van der Waals surface area (Å²) in [6, 6.07) is 5.70. The fourth-order valence-corrected chi connectivity index (χ4v) is 3.45. The fourth-order valence-electron chi connectivity index (χ4n) is 2.63. The topological polar surface area (TPSA) is 15.3 Å². The lowest BCUT2D eigenvalue weighted by Gasteiger charge is -2.30. The molecule has 2 rings (SSSR count). The van der Waals surface area contributed by atoms with Crippen LogP contribution in [0.2, 0.25) is 0 Å². The molecule has 1 N–H and O–H groups in total. The zero-order valence-corrected chi connectivity index (χ0v) is 11.8. The quantitative estimate of drug-likeness (QED) is 0.836. The van der Waals surface area contributed by atoms with E-state index in [9.17, 15) is 0 Å². The smallest absolute Gasteiger partial charge is 0.0413 e. The van der Waals surface area contributed by atoms with E-state index < -0.39 is 0 Å². The first-order chi connectivity index (χ1) is 8.31. The van der Waals surface area contributed by atoms with Crippen molar-refractivity contribution in [3.63, 3.8) is 0 Å². The maximum Gasteiger partial charge on any atom is 0.0413 e. The van der Waals surface area contributed by atoms with Gasteiger partial charge in [-0.3, -0.25) is 4.90 Å². The van der Waals surface area contributed by atoms with E-state index in [2.05, 4.69) is 41.6 Å². The van der Waals surface area contributed by atoms with Crippen LogP contribution in [-0.2, 0) is 0 Å². The third-order valence-corrected chi connectivity index (χ3v) is 4.67. The highest BCUT2D eigenvalue weighted by Crippen LogP contribution is 2.25. The summed E-state index contributed by atoms with van der Waals surface area (Å²) in [7, 11) is 0. The van der Waals surface area contributed by atoms with Gasteiger partial charge >= 0.3 is 0 Å². The van der Waals surface area contributed by atoms with Crippen molar-refractivity contribution >= 4 is 11.3 Å². The molecule has 1 aromatic heterocycles. The second kappa shape index (κ2) is 6.53. The van der Waals surface area contributed by atoms with E-state index >= 15 is 0 Å². The van der Waals surface area contributed by atoms with Gasteiger partial charge < -0.3 is 5.32 Å². The van der Waals surface area contributed by atoms with Crippen molar-refractivity contribution in [2.45, 2.75) is 45.2 Å². The lowest BCUT2D eigenvalue weighted by Crippen LogP contribution is -2.39. The Hall–Kier alpha value is -0.380. The molecule has 1 fully saturated rings. The van der Waals surface area contributed by atoms with Crippen molar-refractivity contribution in [2.75, 3.05) is 19.6 Å². The van der Waals surface area contributed by atoms with Crippen LogP contribution in [0, 0.1) is 0 Å². The maximum atomic E-state index is 3.61. The lowest BCUT2D eigenvalue weighted by atomic mass is 10.1. The zero-order valence-electron chi connectivity index (χ0n) is 11.0. The molecule has 0 aliphatic carbocycles. The molecular weight excluding hydrogens is 228 g/mol. The van der Waals surface area contributed by atoms with Crippen LogP contribution in [-0.4, -0.2) is 30.6 Å². The molecule has 0 saturated carbocycles. The van der Waals surface area contributed by atoms with Gasteiger partial charge in [-0.25, -0.2) is 0 Å². The Morgan fingerprint density at radius 3 is 3.06 bits per heavy atom. The van der Waals surface area contributed by atoms with Crippen molar-refractivity contribution in [1.29, 1.82) is 0 Å². The zero-order chi connectivity index (χ0) is 12.1. The van der Waals surface area contributed by atoms with Gasteiger partial charge in [-0.05, 0) is 50.7 Å². The molecule has 1 aliphatic heterocycles. The summed E-state index contributed by atoms with van der Waals surface area (Å²) in [4.78, 5) is 4.13. The third kappa shape index (κ3) is 3.54. The second-order valence-electron chi connectivity index (χ2n) is 4.98. The third-order valence-electron chi connectivity index (χ3n) is 3.63. The molecule has 2 nitrogen and oxygen atoms in total. The molecule has 0 spiro atoms. The van der Waals surface area contributed by atoms with Gasteiger partial charge in [-0.15, -0.1) is 11.3 Å². The van der Waals surface area contributed by atoms with E-state index in [1.54, 1.807) is 0 Å². The average molecular weight is 252 g/mol. The van der Waals surface area contributed by atoms with Gasteiger partial charge in [-0.2, -0.15) is 0 Å². The highest BCUT2D eigenvalue weighted by Gasteiger charge is 2.22. The van der Waals surface area contributed by atoms with Crippen molar-refractivity contribution in [3.8, 4) is 0 Å². The molecule has 3 heteroatoms. The Bertz CT molecular complexity index is 304. The molecular formula is C14H24N2S. The van der Waals surface area contributed by atoms with Gasteiger partial charge in [-0.1, -0.05) is 13.0 Å². The van der Waals surface area contributed by atoms with E-state index in [0.29, 0.717) is 12.1 Å². The molecule has 17 heavy (non-hydrogen) atoms. The molecule has 0 aromatic carbocycles. The molecule has 96 valence electrons. The summed E-state index contributed by atoms with van der Waals surface area (Å²) in [6.45, 7) is 8.23. The Balaban J connectivity index is 1.95. The molecule has 1 aliphatic rings. The van der Waals surface area contributed by atoms with Crippen molar-refractivity contribution in [1.82, 2.24) is 10.2 Å². The summed E-state index contributed by atoms with van der Waals surface area (Å²) in [5, 5.41) is 5.79. The summed E-state index contributed by atoms with van der Waals surface area (Å²) < 4.78 is 0. The number of hydrogen-bond acceptors (Lipinski definition) is 3. The second-order valence-corrected chi connectivity index (χ2v) is 5.96. The van der Waals surface area contributed by atoms with Crippen LogP contribution >= 0.6 is 11.3 Å². The molecule has 0 bridgehead atoms. The van der Waals surface area contributed by atoms with E-state index in [1.165, 1.54) is 43.8 Å². The van der Waals surface area contributed by atoms with Crippen LogP contribution in [0.1, 0.15) is 44.0 Å². The SMILES string of the molecule is CCCN(CC1CCCN1)C(C)c1cccs1. The van der Waals surface area contributed by atoms with Gasteiger partial charge in [0.05, 0.1) is 0 Å². The van der Waals surface area contributed by atoms with Crippen LogP contribution in [0.3, 0.4) is 0 Å². The van der Waals surface area contributed by atoms with Gasteiger partial charge in [0.25, 0.3) is 0 Å². The molecule has 0 radical (unpaired) electrons. The van der Waals surface area contributed by atoms with Gasteiger partial charge in [0.2, 0.25) is 0 Å². The van der Waals surface area contributed by atoms with Crippen LogP contribution in [0.5, 0.6) is 0 Å². The molecule has 1 aromatic rings. The van der Waals surface area contributed by atoms with E-state index in [1.807, 2.05) is 11.3 Å². The molecule has 2 atom stereocenters. The molecule has 0 amide bonds. The number of rotatable bonds is 6. The minimum absolute atomic E-state index is 0.567. The van der Waals surface area contributed by atoms with Crippen molar-refractivity contribution in [2.24, 2.45) is 0 Å². The van der Waals surface area contributed by atoms with Gasteiger partial charge in [0.1, 0.15) is 0 Å². The number of thiophene rings is 1. The Labute approximate surface area is 109 Å². The monoisotopic (exact) mass is 252 g/mol. The van der Waals surface area contributed by atoms with Crippen LogP contribution in [0.25, 0.3) is 0 Å². The number of hydrogen-bond donors (Lipinski definition) is 1. The minimum atomic E-state index is 0.567. The summed E-state index contributed by atoms with van der Waals surface area (Å²) in [5.41, 5.74) is 0. The summed E-state index contributed by atoms with van der Waals surface area (Å²) in [5.74, 6) is 0. The maximum absolute atomic E-state index is 3.61. The van der Waals surface area contributed by atoms with E-state index in [0.717, 1.165) is 0 Å². The van der Waals surface area contributed by atoms with E-state index in [-0.39, 0.29) is 0 Å². The first-order valence-corrected chi connectivity index (χ1v) is 7.70. The normalized spacial score (nSPS) is 22.2. The van der Waals surface area contributed by atoms with Gasteiger partial charge in [0.15, 0.2) is 0 Å². The Kier molecular flexibility index (Phi) is 5.01. The first-order valence-electron chi connectivity index (χ1n) is 6.82. The molecule has 1 saturated heterocycles. The first kappa shape index (κ1) is 13.1.